The first-order chi connectivity index (χ1) is 9.86. The number of halogens is 2. The van der Waals surface area contributed by atoms with Crippen molar-refractivity contribution in [3.8, 4) is 0 Å². The highest BCUT2D eigenvalue weighted by Crippen LogP contribution is 2.15. The minimum absolute atomic E-state index is 0.00939. The Bertz CT molecular complexity index is 552. The predicted octanol–water partition coefficient (Wildman–Crippen LogP) is 1.94. The number of nitrogens with one attached hydrogen (secondary N) is 2. The van der Waals surface area contributed by atoms with Crippen molar-refractivity contribution in [3.05, 3.63) is 29.8 Å². The minimum Gasteiger partial charge on any atom is -0.317 e. The Morgan fingerprint density at radius 1 is 1.19 bits per heavy atom. The van der Waals surface area contributed by atoms with E-state index in [0.29, 0.717) is 13.0 Å². The van der Waals surface area contributed by atoms with Crippen molar-refractivity contribution in [2.75, 3.05) is 31.4 Å². The van der Waals surface area contributed by atoms with Crippen molar-refractivity contribution in [2.24, 2.45) is 0 Å². The van der Waals surface area contributed by atoms with Crippen LogP contribution in [-0.2, 0) is 10.2 Å². The number of anilines is 1. The second-order valence-electron chi connectivity index (χ2n) is 4.66. The fraction of sp³-hybridized carbons (Fsp3) is 0.538. The minimum atomic E-state index is -3.77. The second-order valence-corrected chi connectivity index (χ2v) is 6.44. The summed E-state index contributed by atoms with van der Waals surface area (Å²) in [7, 11) is -2.34. The van der Waals surface area contributed by atoms with Crippen LogP contribution in [0, 0.1) is 11.6 Å². The van der Waals surface area contributed by atoms with Crippen LogP contribution in [0.25, 0.3) is 0 Å². The van der Waals surface area contributed by atoms with Crippen LogP contribution < -0.4 is 10.0 Å². The summed E-state index contributed by atoms with van der Waals surface area (Å²) in [5.74, 6) is -2.12. The Labute approximate surface area is 124 Å². The highest BCUT2D eigenvalue weighted by atomic mass is 32.2. The van der Waals surface area contributed by atoms with Gasteiger partial charge in [-0.2, -0.15) is 12.7 Å². The molecule has 1 rings (SSSR count). The van der Waals surface area contributed by atoms with Crippen molar-refractivity contribution in [1.82, 2.24) is 9.62 Å². The van der Waals surface area contributed by atoms with Gasteiger partial charge >= 0.3 is 10.2 Å². The second kappa shape index (κ2) is 8.26. The number of hydrogen-bond donors (Lipinski definition) is 2. The average Bonchev–Trinajstić information content (AvgIpc) is 2.42. The van der Waals surface area contributed by atoms with E-state index in [0.717, 1.165) is 35.9 Å². The Morgan fingerprint density at radius 2 is 1.90 bits per heavy atom. The van der Waals surface area contributed by atoms with Crippen molar-refractivity contribution in [1.29, 1.82) is 0 Å². The molecule has 0 fully saturated rings. The molecule has 0 spiro atoms. The molecule has 0 heterocycles. The molecule has 2 N–H and O–H groups in total. The van der Waals surface area contributed by atoms with Gasteiger partial charge in [0.15, 0.2) is 11.6 Å². The van der Waals surface area contributed by atoms with Crippen LogP contribution in [0.2, 0.25) is 0 Å². The molecule has 0 aromatic heterocycles. The van der Waals surface area contributed by atoms with Crippen molar-refractivity contribution < 1.29 is 17.2 Å². The summed E-state index contributed by atoms with van der Waals surface area (Å²) in [4.78, 5) is 0. The molecular formula is C13H21F2N3O2S. The molecule has 0 aliphatic carbocycles. The van der Waals surface area contributed by atoms with E-state index in [4.69, 9.17) is 0 Å². The van der Waals surface area contributed by atoms with Gasteiger partial charge in [0, 0.05) is 19.7 Å². The van der Waals surface area contributed by atoms with Gasteiger partial charge in [0.1, 0.15) is 0 Å². The molecule has 8 heteroatoms. The molecule has 0 aliphatic heterocycles. The first-order valence-corrected chi connectivity index (χ1v) is 8.20. The quantitative estimate of drug-likeness (QED) is 0.683. The zero-order valence-electron chi connectivity index (χ0n) is 12.2. The molecule has 5 nitrogen and oxygen atoms in total. The zero-order valence-corrected chi connectivity index (χ0v) is 13.0. The van der Waals surface area contributed by atoms with Crippen LogP contribution >= 0.6 is 0 Å². The SMILES string of the molecule is CCCNCCCN(C)S(=O)(=O)Nc1ccc(F)c(F)c1. The highest BCUT2D eigenvalue weighted by Gasteiger charge is 2.17. The highest BCUT2D eigenvalue weighted by molar-refractivity contribution is 7.90. The van der Waals surface area contributed by atoms with E-state index in [1.54, 1.807) is 0 Å². The number of nitrogens with zero attached hydrogens (tertiary/aromatic N) is 1. The van der Waals surface area contributed by atoms with E-state index in [-0.39, 0.29) is 5.69 Å². The fourth-order valence-corrected chi connectivity index (χ4v) is 2.59. The summed E-state index contributed by atoms with van der Waals surface area (Å²) >= 11 is 0. The third kappa shape index (κ3) is 5.94. The van der Waals surface area contributed by atoms with E-state index in [2.05, 4.69) is 17.0 Å². The maximum absolute atomic E-state index is 13.0. The van der Waals surface area contributed by atoms with Gasteiger partial charge in [-0.25, -0.2) is 8.78 Å². The summed E-state index contributed by atoms with van der Waals surface area (Å²) in [6.45, 7) is 3.99. The average molecular weight is 321 g/mol. The maximum atomic E-state index is 13.0. The summed E-state index contributed by atoms with van der Waals surface area (Å²) < 4.78 is 53.2. The molecule has 0 amide bonds. The van der Waals surface area contributed by atoms with E-state index in [1.807, 2.05) is 0 Å². The van der Waals surface area contributed by atoms with Gasteiger partial charge < -0.3 is 5.32 Å². The molecular weight excluding hydrogens is 300 g/mol. The van der Waals surface area contributed by atoms with Crippen LogP contribution in [0.1, 0.15) is 19.8 Å². The Morgan fingerprint density at radius 3 is 2.52 bits per heavy atom. The topological polar surface area (TPSA) is 61.4 Å². The van der Waals surface area contributed by atoms with Gasteiger partial charge in [0.2, 0.25) is 0 Å². The largest absolute Gasteiger partial charge is 0.317 e. The van der Waals surface area contributed by atoms with E-state index >= 15 is 0 Å². The first kappa shape index (κ1) is 17.8. The molecule has 0 atom stereocenters. The molecule has 0 unspecified atom stereocenters. The first-order valence-electron chi connectivity index (χ1n) is 6.76. The van der Waals surface area contributed by atoms with Crippen LogP contribution in [0.3, 0.4) is 0 Å². The van der Waals surface area contributed by atoms with E-state index < -0.39 is 21.8 Å². The standard InChI is InChI=1S/C13H21F2N3O2S/c1-3-7-16-8-4-9-18(2)21(19,20)17-11-5-6-12(14)13(15)10-11/h5-6,10,16-17H,3-4,7-9H2,1-2H3. The monoisotopic (exact) mass is 321 g/mol. The van der Waals surface area contributed by atoms with Gasteiger partial charge in [0.25, 0.3) is 0 Å². The van der Waals surface area contributed by atoms with Crippen molar-refractivity contribution in [2.45, 2.75) is 19.8 Å². The lowest BCUT2D eigenvalue weighted by molar-refractivity contribution is 0.458. The zero-order chi connectivity index (χ0) is 15.9. The number of rotatable bonds is 9. The molecule has 0 aliphatic rings. The maximum Gasteiger partial charge on any atom is 0.301 e. The van der Waals surface area contributed by atoms with Crippen LogP contribution in [0.4, 0.5) is 14.5 Å². The lowest BCUT2D eigenvalue weighted by atomic mass is 10.3. The molecule has 120 valence electrons. The summed E-state index contributed by atoms with van der Waals surface area (Å²) in [5, 5.41) is 3.17. The van der Waals surface area contributed by atoms with Gasteiger partial charge in [-0.05, 0) is 38.1 Å². The molecule has 0 bridgehead atoms. The summed E-state index contributed by atoms with van der Waals surface area (Å²) in [5.41, 5.74) is -0.00939. The summed E-state index contributed by atoms with van der Waals surface area (Å²) in [6.07, 6.45) is 1.68. The Hall–Kier alpha value is -1.25. The number of benzene rings is 1. The predicted molar refractivity (Wildman–Crippen MR) is 79.3 cm³/mol. The smallest absolute Gasteiger partial charge is 0.301 e. The van der Waals surface area contributed by atoms with Gasteiger partial charge in [-0.1, -0.05) is 6.92 Å². The molecule has 0 radical (unpaired) electrons. The van der Waals surface area contributed by atoms with E-state index in [1.165, 1.54) is 13.1 Å². The van der Waals surface area contributed by atoms with Crippen LogP contribution in [0.15, 0.2) is 18.2 Å². The third-order valence-electron chi connectivity index (χ3n) is 2.83. The normalized spacial score (nSPS) is 11.9. The Balaban J connectivity index is 2.53. The van der Waals surface area contributed by atoms with Crippen LogP contribution in [0.5, 0.6) is 0 Å². The van der Waals surface area contributed by atoms with Gasteiger partial charge in [-0.15, -0.1) is 0 Å². The van der Waals surface area contributed by atoms with Crippen molar-refractivity contribution >= 4 is 15.9 Å². The van der Waals surface area contributed by atoms with E-state index in [9.17, 15) is 17.2 Å². The van der Waals surface area contributed by atoms with Gasteiger partial charge in [0.05, 0.1) is 5.69 Å². The van der Waals surface area contributed by atoms with Crippen molar-refractivity contribution in [3.63, 3.8) is 0 Å². The Kier molecular flexibility index (Phi) is 7.00. The number of hydrogen-bond acceptors (Lipinski definition) is 3. The lowest BCUT2D eigenvalue weighted by Gasteiger charge is -2.18. The molecule has 1 aromatic rings. The molecule has 21 heavy (non-hydrogen) atoms. The lowest BCUT2D eigenvalue weighted by Crippen LogP contribution is -2.34. The summed E-state index contributed by atoms with van der Waals surface area (Å²) in [6, 6.07) is 2.86. The molecule has 0 saturated carbocycles. The van der Waals surface area contributed by atoms with Crippen LogP contribution in [-0.4, -0.2) is 39.4 Å². The third-order valence-corrected chi connectivity index (χ3v) is 4.33. The van der Waals surface area contributed by atoms with Gasteiger partial charge in [-0.3, -0.25) is 4.72 Å². The fourth-order valence-electron chi connectivity index (χ4n) is 1.64. The molecule has 0 saturated heterocycles. The molecule has 1 aromatic carbocycles.